The summed E-state index contributed by atoms with van der Waals surface area (Å²) in [5, 5.41) is 12.8. The van der Waals surface area contributed by atoms with Crippen molar-refractivity contribution >= 4 is 24.0 Å². The van der Waals surface area contributed by atoms with Crippen LogP contribution < -0.4 is 10.6 Å². The molecule has 8 heteroatoms. The van der Waals surface area contributed by atoms with Crippen LogP contribution in [0.5, 0.6) is 0 Å². The summed E-state index contributed by atoms with van der Waals surface area (Å²) in [6.45, 7) is 4.75. The van der Waals surface area contributed by atoms with E-state index in [0.717, 1.165) is 56.8 Å². The van der Waals surface area contributed by atoms with Gasteiger partial charge in [-0.1, -0.05) is 12.1 Å². The van der Waals surface area contributed by atoms with Gasteiger partial charge < -0.3 is 25.5 Å². The topological polar surface area (TPSA) is 102 Å². The van der Waals surface area contributed by atoms with Gasteiger partial charge in [-0.2, -0.15) is 0 Å². The zero-order valence-electron chi connectivity index (χ0n) is 16.4. The number of nitrogens with one attached hydrogen (secondary N) is 2. The van der Waals surface area contributed by atoms with Gasteiger partial charge in [-0.3, -0.25) is 14.4 Å². The molecule has 0 spiro atoms. The fourth-order valence-electron chi connectivity index (χ4n) is 2.95. The minimum absolute atomic E-state index is 0.0400. The number of hydrogen-bond acceptors (Lipinski definition) is 5. The van der Waals surface area contributed by atoms with Crippen LogP contribution in [0.1, 0.15) is 24.8 Å². The number of hydrogen-bond donors (Lipinski definition) is 3. The monoisotopic (exact) mass is 390 g/mol. The molecule has 2 aliphatic rings. The van der Waals surface area contributed by atoms with E-state index in [1.165, 1.54) is 0 Å². The number of carboxylic acid groups (broad SMARTS) is 1. The third-order valence-electron chi connectivity index (χ3n) is 4.80. The summed E-state index contributed by atoms with van der Waals surface area (Å²) in [5.41, 5.74) is 1.75. The Hall–Kier alpha value is -2.45. The molecule has 8 nitrogen and oxygen atoms in total. The predicted molar refractivity (Wildman–Crippen MR) is 107 cm³/mol. The Kier molecular flexibility index (Phi) is 8.90. The van der Waals surface area contributed by atoms with Gasteiger partial charge in [0.15, 0.2) is 0 Å². The van der Waals surface area contributed by atoms with E-state index in [-0.39, 0.29) is 18.3 Å². The number of amides is 2. The van der Waals surface area contributed by atoms with Gasteiger partial charge >= 0.3 is 0 Å². The van der Waals surface area contributed by atoms with Gasteiger partial charge in [0.05, 0.1) is 6.42 Å². The van der Waals surface area contributed by atoms with Crippen molar-refractivity contribution in [3.63, 3.8) is 0 Å². The summed E-state index contributed by atoms with van der Waals surface area (Å²) >= 11 is 0. The van der Waals surface area contributed by atoms with Crippen LogP contribution in [0.15, 0.2) is 24.3 Å². The highest BCUT2D eigenvalue weighted by Gasteiger charge is 2.23. The van der Waals surface area contributed by atoms with Crippen molar-refractivity contribution in [2.24, 2.45) is 0 Å². The van der Waals surface area contributed by atoms with Gasteiger partial charge in [0.25, 0.3) is 6.47 Å². The summed E-state index contributed by atoms with van der Waals surface area (Å²) in [6.07, 6.45) is 3.11. The van der Waals surface area contributed by atoms with E-state index in [0.29, 0.717) is 18.9 Å². The Morgan fingerprint density at radius 2 is 1.71 bits per heavy atom. The molecule has 0 atom stereocenters. The first-order valence-corrected chi connectivity index (χ1v) is 9.67. The lowest BCUT2D eigenvalue weighted by molar-refractivity contribution is -0.123. The molecule has 0 bridgehead atoms. The fourth-order valence-corrected chi connectivity index (χ4v) is 2.95. The van der Waals surface area contributed by atoms with Crippen LogP contribution in [0.25, 0.3) is 0 Å². The third kappa shape index (κ3) is 8.49. The maximum absolute atomic E-state index is 12.1. The number of likely N-dealkylation sites (N-methyl/N-ethyl adjacent to an activating group) is 1. The molecule has 3 N–H and O–H groups in total. The minimum Gasteiger partial charge on any atom is -0.483 e. The molecule has 0 unspecified atom stereocenters. The highest BCUT2D eigenvalue weighted by atomic mass is 16.3. The molecule has 1 aromatic rings. The molecule has 3 rings (SSSR count). The summed E-state index contributed by atoms with van der Waals surface area (Å²) in [5.74, 6) is 0.115. The van der Waals surface area contributed by atoms with Gasteiger partial charge in [0, 0.05) is 50.9 Å². The summed E-state index contributed by atoms with van der Waals surface area (Å²) in [4.78, 5) is 36.9. The molecule has 0 aromatic heterocycles. The molecule has 154 valence electrons. The molecule has 1 saturated carbocycles. The number of benzene rings is 1. The van der Waals surface area contributed by atoms with Crippen LogP contribution in [-0.2, 0) is 20.8 Å². The van der Waals surface area contributed by atoms with Crippen LogP contribution in [0.4, 0.5) is 5.69 Å². The second-order valence-electron chi connectivity index (χ2n) is 7.26. The number of carbonyl (C=O) groups is 3. The second kappa shape index (κ2) is 11.4. The minimum atomic E-state index is -0.250. The maximum atomic E-state index is 12.1. The Labute approximate surface area is 165 Å². The van der Waals surface area contributed by atoms with Crippen molar-refractivity contribution < 1.29 is 19.5 Å². The first-order valence-electron chi connectivity index (χ1n) is 9.67. The molecule has 1 aliphatic carbocycles. The standard InChI is InChI=1S/C19H28N4O2.CH2O2/c1-22-10-12-23(13-11-22)9-8-18(24)20-16-4-2-15(3-5-16)14-19(25)21-17-6-7-17;2-1-3/h2-5,17H,6-14H2,1H3,(H,20,24)(H,21,25);1H,(H,2,3). The molecule has 1 aliphatic heterocycles. The number of rotatable bonds is 7. The van der Waals surface area contributed by atoms with Crippen LogP contribution in [0.2, 0.25) is 0 Å². The van der Waals surface area contributed by atoms with E-state index in [4.69, 9.17) is 9.90 Å². The lowest BCUT2D eigenvalue weighted by Gasteiger charge is -2.32. The first-order chi connectivity index (χ1) is 13.5. The molecule has 1 aromatic carbocycles. The van der Waals surface area contributed by atoms with Gasteiger partial charge in [-0.05, 0) is 37.6 Å². The molecule has 0 radical (unpaired) electrons. The highest BCUT2D eigenvalue weighted by molar-refractivity contribution is 5.90. The van der Waals surface area contributed by atoms with Gasteiger partial charge in [0.1, 0.15) is 0 Å². The zero-order chi connectivity index (χ0) is 20.4. The molecule has 28 heavy (non-hydrogen) atoms. The van der Waals surface area contributed by atoms with Gasteiger partial charge in [-0.25, -0.2) is 0 Å². The molecule has 1 heterocycles. The van der Waals surface area contributed by atoms with E-state index in [1.54, 1.807) is 0 Å². The average molecular weight is 390 g/mol. The lowest BCUT2D eigenvalue weighted by Crippen LogP contribution is -2.45. The van der Waals surface area contributed by atoms with Crippen molar-refractivity contribution in [1.82, 2.24) is 15.1 Å². The average Bonchev–Trinajstić information content (AvgIpc) is 3.47. The Morgan fingerprint density at radius 1 is 1.11 bits per heavy atom. The van der Waals surface area contributed by atoms with Gasteiger partial charge in [-0.15, -0.1) is 0 Å². The highest BCUT2D eigenvalue weighted by Crippen LogP contribution is 2.19. The number of piperazine rings is 1. The smallest absolute Gasteiger partial charge is 0.290 e. The van der Waals surface area contributed by atoms with Crippen LogP contribution in [-0.4, -0.2) is 79.0 Å². The summed E-state index contributed by atoms with van der Waals surface area (Å²) in [6, 6.07) is 7.94. The van der Waals surface area contributed by atoms with E-state index in [1.807, 2.05) is 24.3 Å². The maximum Gasteiger partial charge on any atom is 0.290 e. The van der Waals surface area contributed by atoms with Crippen molar-refractivity contribution in [1.29, 1.82) is 0 Å². The van der Waals surface area contributed by atoms with E-state index < -0.39 is 0 Å². The van der Waals surface area contributed by atoms with Crippen molar-refractivity contribution in [3.05, 3.63) is 29.8 Å². The molecule has 2 amide bonds. The van der Waals surface area contributed by atoms with Crippen LogP contribution in [0.3, 0.4) is 0 Å². The Bertz CT molecular complexity index is 638. The lowest BCUT2D eigenvalue weighted by atomic mass is 10.1. The molecular weight excluding hydrogens is 360 g/mol. The van der Waals surface area contributed by atoms with E-state index in [9.17, 15) is 9.59 Å². The molecular formula is C20H30N4O4. The molecule has 2 fully saturated rings. The second-order valence-corrected chi connectivity index (χ2v) is 7.26. The van der Waals surface area contributed by atoms with Crippen molar-refractivity contribution in [2.45, 2.75) is 31.7 Å². The number of anilines is 1. The third-order valence-corrected chi connectivity index (χ3v) is 4.80. The van der Waals surface area contributed by atoms with Crippen molar-refractivity contribution in [2.75, 3.05) is 45.1 Å². The SMILES string of the molecule is CN1CCN(CCC(=O)Nc2ccc(CC(=O)NC3CC3)cc2)CC1.O=CO. The largest absolute Gasteiger partial charge is 0.483 e. The van der Waals surface area contributed by atoms with Gasteiger partial charge in [0.2, 0.25) is 11.8 Å². The van der Waals surface area contributed by atoms with Crippen LogP contribution in [0, 0.1) is 0 Å². The number of nitrogens with zero attached hydrogens (tertiary/aromatic N) is 2. The quantitative estimate of drug-likeness (QED) is 0.595. The van der Waals surface area contributed by atoms with E-state index in [2.05, 4.69) is 27.5 Å². The molecule has 1 saturated heterocycles. The first kappa shape index (κ1) is 21.8. The summed E-state index contributed by atoms with van der Waals surface area (Å²) in [7, 11) is 2.13. The van der Waals surface area contributed by atoms with E-state index >= 15 is 0 Å². The normalized spacial score (nSPS) is 17.2. The Balaban J connectivity index is 0.000000878. The number of carbonyl (C=O) groups excluding carboxylic acids is 2. The zero-order valence-corrected chi connectivity index (χ0v) is 16.4. The predicted octanol–water partition coefficient (Wildman–Crippen LogP) is 0.785. The van der Waals surface area contributed by atoms with Crippen molar-refractivity contribution in [3.8, 4) is 0 Å². The fraction of sp³-hybridized carbons (Fsp3) is 0.550. The Morgan fingerprint density at radius 3 is 2.29 bits per heavy atom. The van der Waals surface area contributed by atoms with Crippen LogP contribution >= 0.6 is 0 Å². The summed E-state index contributed by atoms with van der Waals surface area (Å²) < 4.78 is 0.